The van der Waals surface area contributed by atoms with E-state index in [1.54, 1.807) is 0 Å². The Morgan fingerprint density at radius 2 is 1.85 bits per heavy atom. The lowest BCUT2D eigenvalue weighted by Gasteiger charge is -2.12. The van der Waals surface area contributed by atoms with E-state index in [2.05, 4.69) is 55.5 Å². The lowest BCUT2D eigenvalue weighted by molar-refractivity contribution is 0.727. The van der Waals surface area contributed by atoms with Gasteiger partial charge in [0, 0.05) is 27.8 Å². The molecule has 0 aliphatic heterocycles. The van der Waals surface area contributed by atoms with E-state index in [0.29, 0.717) is 0 Å². The summed E-state index contributed by atoms with van der Waals surface area (Å²) in [5.41, 5.74) is 2.59. The van der Waals surface area contributed by atoms with Crippen LogP contribution in [0.1, 0.15) is 13.9 Å². The van der Waals surface area contributed by atoms with Crippen molar-refractivity contribution in [1.82, 2.24) is 5.32 Å². The first-order chi connectivity index (χ1) is 6.24. The Bertz CT molecular complexity index is 244. The van der Waals surface area contributed by atoms with Gasteiger partial charge in [-0.1, -0.05) is 19.1 Å². The molecule has 1 N–H and O–H groups in total. The van der Waals surface area contributed by atoms with E-state index in [9.17, 15) is 0 Å². The van der Waals surface area contributed by atoms with Crippen LogP contribution in [-0.2, 0) is 6.54 Å². The molecule has 0 saturated heterocycles. The van der Waals surface area contributed by atoms with E-state index in [4.69, 9.17) is 0 Å². The van der Waals surface area contributed by atoms with Crippen molar-refractivity contribution >= 4 is 5.69 Å². The number of nitrogens with one attached hydrogen (secondary N) is 1. The maximum atomic E-state index is 3.30. The molecule has 1 aromatic carbocycles. The zero-order chi connectivity index (χ0) is 9.68. The van der Waals surface area contributed by atoms with Gasteiger partial charge < -0.3 is 10.2 Å². The standard InChI is InChI=1S/C11H18N2.H2/c1-4-12-9-10-5-7-11(8-6-10)13(2)3;/h5-8,12H,4,9H2,1-3H3;1H. The first-order valence-corrected chi connectivity index (χ1v) is 4.71. The van der Waals surface area contributed by atoms with E-state index in [0.717, 1.165) is 13.1 Å². The zero-order valence-electron chi connectivity index (χ0n) is 8.67. The summed E-state index contributed by atoms with van der Waals surface area (Å²) in [7, 11) is 4.11. The Kier molecular flexibility index (Phi) is 3.77. The molecule has 1 aromatic rings. The minimum Gasteiger partial charge on any atom is -0.378 e. The number of benzene rings is 1. The van der Waals surface area contributed by atoms with Crippen LogP contribution in [0.4, 0.5) is 5.69 Å². The first-order valence-electron chi connectivity index (χ1n) is 4.71. The number of rotatable bonds is 4. The van der Waals surface area contributed by atoms with Gasteiger partial charge >= 0.3 is 0 Å². The summed E-state index contributed by atoms with van der Waals surface area (Å²) in [5.74, 6) is 0. The normalized spacial score (nSPS) is 10.1. The lowest BCUT2D eigenvalue weighted by Crippen LogP contribution is -2.12. The van der Waals surface area contributed by atoms with E-state index in [1.165, 1.54) is 11.3 Å². The average molecular weight is 180 g/mol. The second-order valence-corrected chi connectivity index (χ2v) is 3.34. The molecular formula is C11H20N2. The van der Waals surface area contributed by atoms with Gasteiger partial charge in [0.25, 0.3) is 0 Å². The highest BCUT2D eigenvalue weighted by atomic mass is 15.1. The summed E-state index contributed by atoms with van der Waals surface area (Å²) in [6.45, 7) is 4.10. The van der Waals surface area contributed by atoms with Crippen LogP contribution in [0, 0.1) is 0 Å². The quantitative estimate of drug-likeness (QED) is 0.763. The maximum Gasteiger partial charge on any atom is 0.0361 e. The highest BCUT2D eigenvalue weighted by molar-refractivity contribution is 5.45. The van der Waals surface area contributed by atoms with Crippen molar-refractivity contribution in [2.45, 2.75) is 13.5 Å². The molecule has 0 aliphatic carbocycles. The van der Waals surface area contributed by atoms with Crippen molar-refractivity contribution in [2.75, 3.05) is 25.5 Å². The topological polar surface area (TPSA) is 15.3 Å². The Balaban J connectivity index is 0.00000169. The molecule has 2 heteroatoms. The van der Waals surface area contributed by atoms with Crippen LogP contribution in [0.25, 0.3) is 0 Å². The largest absolute Gasteiger partial charge is 0.378 e. The van der Waals surface area contributed by atoms with Gasteiger partial charge in [-0.15, -0.1) is 0 Å². The molecule has 0 heterocycles. The fourth-order valence-corrected chi connectivity index (χ4v) is 1.18. The Hall–Kier alpha value is -1.02. The van der Waals surface area contributed by atoms with Crippen molar-refractivity contribution < 1.29 is 1.43 Å². The predicted molar refractivity (Wildman–Crippen MR) is 60.3 cm³/mol. The smallest absolute Gasteiger partial charge is 0.0361 e. The summed E-state index contributed by atoms with van der Waals surface area (Å²) in [6, 6.07) is 8.62. The number of hydrogen-bond acceptors (Lipinski definition) is 2. The van der Waals surface area contributed by atoms with Gasteiger partial charge in [-0.3, -0.25) is 0 Å². The molecule has 0 aromatic heterocycles. The fourth-order valence-electron chi connectivity index (χ4n) is 1.18. The highest BCUT2D eigenvalue weighted by Gasteiger charge is 1.94. The molecule has 0 saturated carbocycles. The minimum absolute atomic E-state index is 0. The summed E-state index contributed by atoms with van der Waals surface area (Å²) >= 11 is 0. The number of nitrogens with zero attached hydrogens (tertiary/aromatic N) is 1. The maximum absolute atomic E-state index is 3.30. The van der Waals surface area contributed by atoms with Crippen molar-refractivity contribution in [3.63, 3.8) is 0 Å². The Labute approximate surface area is 82.1 Å². The van der Waals surface area contributed by atoms with Crippen molar-refractivity contribution in [2.24, 2.45) is 0 Å². The molecule has 13 heavy (non-hydrogen) atoms. The third-order valence-corrected chi connectivity index (χ3v) is 2.03. The predicted octanol–water partition coefficient (Wildman–Crippen LogP) is 2.11. The van der Waals surface area contributed by atoms with Crippen LogP contribution in [0.2, 0.25) is 0 Å². The lowest BCUT2D eigenvalue weighted by atomic mass is 10.2. The van der Waals surface area contributed by atoms with Gasteiger partial charge in [0.05, 0.1) is 0 Å². The molecule has 0 fully saturated rings. The molecule has 0 radical (unpaired) electrons. The summed E-state index contributed by atoms with van der Waals surface area (Å²) in [5, 5.41) is 3.30. The molecule has 0 bridgehead atoms. The minimum atomic E-state index is 0. The van der Waals surface area contributed by atoms with Crippen LogP contribution in [-0.4, -0.2) is 20.6 Å². The van der Waals surface area contributed by atoms with Gasteiger partial charge in [-0.05, 0) is 24.2 Å². The molecule has 74 valence electrons. The summed E-state index contributed by atoms with van der Waals surface area (Å²) < 4.78 is 0. The fraction of sp³-hybridized carbons (Fsp3) is 0.455. The summed E-state index contributed by atoms with van der Waals surface area (Å²) in [4.78, 5) is 2.11. The first kappa shape index (κ1) is 10.1. The van der Waals surface area contributed by atoms with Gasteiger partial charge in [-0.25, -0.2) is 0 Å². The van der Waals surface area contributed by atoms with Crippen LogP contribution < -0.4 is 10.2 Å². The molecule has 2 nitrogen and oxygen atoms in total. The Morgan fingerprint density at radius 3 is 2.31 bits per heavy atom. The molecule has 0 atom stereocenters. The van der Waals surface area contributed by atoms with Gasteiger partial charge in [0.15, 0.2) is 0 Å². The molecule has 0 amide bonds. The van der Waals surface area contributed by atoms with E-state index in [-0.39, 0.29) is 1.43 Å². The molecule has 0 aliphatic rings. The van der Waals surface area contributed by atoms with Crippen molar-refractivity contribution in [3.05, 3.63) is 29.8 Å². The third kappa shape index (κ3) is 3.07. The molecule has 1 rings (SSSR count). The molecule has 0 unspecified atom stereocenters. The second-order valence-electron chi connectivity index (χ2n) is 3.34. The van der Waals surface area contributed by atoms with Crippen LogP contribution >= 0.6 is 0 Å². The van der Waals surface area contributed by atoms with Crippen LogP contribution in [0.15, 0.2) is 24.3 Å². The van der Waals surface area contributed by atoms with Crippen LogP contribution in [0.3, 0.4) is 0 Å². The molecular weight excluding hydrogens is 160 g/mol. The van der Waals surface area contributed by atoms with Crippen molar-refractivity contribution in [3.8, 4) is 0 Å². The average Bonchev–Trinajstić information content (AvgIpc) is 2.15. The SMILES string of the molecule is CCNCc1ccc(N(C)C)cc1.[HH]. The van der Waals surface area contributed by atoms with Gasteiger partial charge in [0.2, 0.25) is 0 Å². The number of anilines is 1. The van der Waals surface area contributed by atoms with Gasteiger partial charge in [-0.2, -0.15) is 0 Å². The van der Waals surface area contributed by atoms with E-state index >= 15 is 0 Å². The van der Waals surface area contributed by atoms with Crippen LogP contribution in [0.5, 0.6) is 0 Å². The van der Waals surface area contributed by atoms with E-state index in [1.807, 2.05) is 0 Å². The number of hydrogen-bond donors (Lipinski definition) is 1. The second kappa shape index (κ2) is 4.87. The summed E-state index contributed by atoms with van der Waals surface area (Å²) in [6.07, 6.45) is 0. The van der Waals surface area contributed by atoms with Gasteiger partial charge in [0.1, 0.15) is 0 Å². The highest BCUT2D eigenvalue weighted by Crippen LogP contribution is 2.11. The molecule has 0 spiro atoms. The van der Waals surface area contributed by atoms with Crippen molar-refractivity contribution in [1.29, 1.82) is 0 Å². The van der Waals surface area contributed by atoms with E-state index < -0.39 is 0 Å². The third-order valence-electron chi connectivity index (χ3n) is 2.03. The monoisotopic (exact) mass is 180 g/mol. The Morgan fingerprint density at radius 1 is 1.23 bits per heavy atom. The zero-order valence-corrected chi connectivity index (χ0v) is 8.67.